The van der Waals surface area contributed by atoms with Crippen LogP contribution in [0.15, 0.2) is 48.5 Å². The van der Waals surface area contributed by atoms with Crippen LogP contribution in [0.4, 0.5) is 0 Å². The Balaban J connectivity index is 2.17. The first kappa shape index (κ1) is 20.5. The molecule has 27 heavy (non-hydrogen) atoms. The molecule has 0 unspecified atom stereocenters. The van der Waals surface area contributed by atoms with Gasteiger partial charge in [-0.3, -0.25) is 9.59 Å². The number of aryl methyl sites for hydroxylation is 2. The highest BCUT2D eigenvalue weighted by atomic mass is 16.5. The molecule has 2 amide bonds. The number of hydrogen-bond donors (Lipinski definition) is 1. The van der Waals surface area contributed by atoms with Crippen LogP contribution < -0.4 is 10.1 Å². The maximum Gasteiger partial charge on any atom is 0.261 e. The molecule has 0 radical (unpaired) electrons. The summed E-state index contributed by atoms with van der Waals surface area (Å²) in [5, 5.41) is 2.79. The van der Waals surface area contributed by atoms with Gasteiger partial charge in [-0.15, -0.1) is 0 Å². The normalized spacial score (nSPS) is 11.6. The van der Waals surface area contributed by atoms with E-state index in [4.69, 9.17) is 4.74 Å². The molecule has 0 aliphatic rings. The second-order valence-electron chi connectivity index (χ2n) is 6.57. The van der Waals surface area contributed by atoms with Gasteiger partial charge in [-0.05, 0) is 50.5 Å². The molecular weight excluding hydrogens is 340 g/mol. The number of hydrogen-bond acceptors (Lipinski definition) is 3. The van der Waals surface area contributed by atoms with Gasteiger partial charge in [0.25, 0.3) is 5.91 Å². The second kappa shape index (κ2) is 9.76. The highest BCUT2D eigenvalue weighted by molar-refractivity contribution is 5.87. The summed E-state index contributed by atoms with van der Waals surface area (Å²) in [4.78, 5) is 26.8. The van der Waals surface area contributed by atoms with E-state index in [2.05, 4.69) is 5.32 Å². The Hall–Kier alpha value is -2.82. The zero-order chi connectivity index (χ0) is 19.8. The van der Waals surface area contributed by atoms with Gasteiger partial charge in [0.1, 0.15) is 11.8 Å². The number of benzene rings is 2. The average molecular weight is 368 g/mol. The summed E-state index contributed by atoms with van der Waals surface area (Å²) < 4.78 is 5.71. The van der Waals surface area contributed by atoms with Crippen LogP contribution in [0.25, 0.3) is 0 Å². The lowest BCUT2D eigenvalue weighted by Gasteiger charge is -2.29. The lowest BCUT2D eigenvalue weighted by molar-refractivity contribution is -0.142. The summed E-state index contributed by atoms with van der Waals surface area (Å²) in [5.41, 5.74) is 3.06. The maximum absolute atomic E-state index is 12.9. The monoisotopic (exact) mass is 368 g/mol. The molecule has 144 valence electrons. The van der Waals surface area contributed by atoms with E-state index in [1.54, 1.807) is 11.8 Å². The largest absolute Gasteiger partial charge is 0.484 e. The van der Waals surface area contributed by atoms with Crippen LogP contribution in [0.1, 0.15) is 30.5 Å². The number of carbonyl (C=O) groups is 2. The molecule has 0 saturated carbocycles. The van der Waals surface area contributed by atoms with E-state index in [0.717, 1.165) is 16.7 Å². The van der Waals surface area contributed by atoms with E-state index in [-0.39, 0.29) is 18.4 Å². The fourth-order valence-electron chi connectivity index (χ4n) is 2.82. The summed E-state index contributed by atoms with van der Waals surface area (Å²) >= 11 is 0. The van der Waals surface area contributed by atoms with Crippen molar-refractivity contribution in [2.24, 2.45) is 0 Å². The van der Waals surface area contributed by atoms with E-state index >= 15 is 0 Å². The number of para-hydroxylation sites is 1. The number of nitrogens with zero attached hydrogens (tertiary/aromatic N) is 1. The number of likely N-dealkylation sites (N-methyl/N-ethyl adjacent to an activating group) is 1. The van der Waals surface area contributed by atoms with Gasteiger partial charge in [-0.1, -0.05) is 42.5 Å². The Kier molecular flexibility index (Phi) is 7.41. The van der Waals surface area contributed by atoms with E-state index < -0.39 is 6.04 Å². The van der Waals surface area contributed by atoms with E-state index in [9.17, 15) is 9.59 Å². The van der Waals surface area contributed by atoms with Gasteiger partial charge in [0.05, 0.1) is 0 Å². The Morgan fingerprint density at radius 2 is 1.67 bits per heavy atom. The smallest absolute Gasteiger partial charge is 0.261 e. The first-order valence-electron chi connectivity index (χ1n) is 9.24. The molecule has 0 aliphatic carbocycles. The summed E-state index contributed by atoms with van der Waals surface area (Å²) in [5.74, 6) is 0.280. The fourth-order valence-corrected chi connectivity index (χ4v) is 2.82. The molecule has 5 nitrogen and oxygen atoms in total. The molecular formula is C22H28N2O3. The average Bonchev–Trinajstić information content (AvgIpc) is 2.66. The van der Waals surface area contributed by atoms with Crippen molar-refractivity contribution in [3.8, 4) is 5.75 Å². The SMILES string of the molecule is CCNC(=O)[C@@H](C)N(Cc1ccccc1C)C(=O)COc1ccccc1C. The molecule has 0 fully saturated rings. The fraction of sp³-hybridized carbons (Fsp3) is 0.364. The lowest BCUT2D eigenvalue weighted by atomic mass is 10.1. The number of carbonyl (C=O) groups excluding carboxylic acids is 2. The minimum Gasteiger partial charge on any atom is -0.484 e. The Bertz CT molecular complexity index is 789. The van der Waals surface area contributed by atoms with Gasteiger partial charge in [0.2, 0.25) is 5.91 Å². The van der Waals surface area contributed by atoms with Gasteiger partial charge in [0, 0.05) is 13.1 Å². The predicted molar refractivity (Wildman–Crippen MR) is 107 cm³/mol. The van der Waals surface area contributed by atoms with Crippen molar-refractivity contribution in [3.63, 3.8) is 0 Å². The minimum absolute atomic E-state index is 0.111. The van der Waals surface area contributed by atoms with Crippen molar-refractivity contribution < 1.29 is 14.3 Å². The molecule has 0 aromatic heterocycles. The molecule has 1 N–H and O–H groups in total. The molecule has 2 aromatic carbocycles. The first-order chi connectivity index (χ1) is 12.9. The summed E-state index contributed by atoms with van der Waals surface area (Å²) in [6.07, 6.45) is 0. The molecule has 5 heteroatoms. The van der Waals surface area contributed by atoms with Crippen LogP contribution in [0.5, 0.6) is 5.75 Å². The Morgan fingerprint density at radius 3 is 2.30 bits per heavy atom. The first-order valence-corrected chi connectivity index (χ1v) is 9.24. The van der Waals surface area contributed by atoms with Gasteiger partial charge in [0.15, 0.2) is 6.61 Å². The molecule has 0 aliphatic heterocycles. The van der Waals surface area contributed by atoms with Gasteiger partial charge < -0.3 is 15.0 Å². The minimum atomic E-state index is -0.586. The molecule has 0 heterocycles. The molecule has 0 saturated heterocycles. The van der Waals surface area contributed by atoms with Gasteiger partial charge in [-0.2, -0.15) is 0 Å². The molecule has 2 aromatic rings. The second-order valence-corrected chi connectivity index (χ2v) is 6.57. The zero-order valence-electron chi connectivity index (χ0n) is 16.5. The molecule has 1 atom stereocenters. The highest BCUT2D eigenvalue weighted by Crippen LogP contribution is 2.17. The number of ether oxygens (including phenoxy) is 1. The third-order valence-corrected chi connectivity index (χ3v) is 4.56. The van der Waals surface area contributed by atoms with Crippen LogP contribution in [0, 0.1) is 13.8 Å². The van der Waals surface area contributed by atoms with E-state index in [1.807, 2.05) is 69.3 Å². The van der Waals surface area contributed by atoms with Crippen LogP contribution in [0.2, 0.25) is 0 Å². The Labute approximate surface area is 161 Å². The standard InChI is InChI=1S/C22H28N2O3/c1-5-23-22(26)18(4)24(14-19-12-8-6-10-16(19)2)21(25)15-27-20-13-9-7-11-17(20)3/h6-13,18H,5,14-15H2,1-4H3,(H,23,26)/t18-/m1/s1. The number of rotatable bonds is 8. The third kappa shape index (κ3) is 5.58. The van der Waals surface area contributed by atoms with Crippen molar-refractivity contribution >= 4 is 11.8 Å². The van der Waals surface area contributed by atoms with E-state index in [1.165, 1.54) is 0 Å². The molecule has 0 spiro atoms. The highest BCUT2D eigenvalue weighted by Gasteiger charge is 2.26. The molecule has 0 bridgehead atoms. The molecule has 2 rings (SSSR count). The van der Waals surface area contributed by atoms with Crippen LogP contribution in [-0.4, -0.2) is 35.9 Å². The summed E-state index contributed by atoms with van der Waals surface area (Å²) in [6, 6.07) is 14.8. The van der Waals surface area contributed by atoms with Crippen molar-refractivity contribution in [1.29, 1.82) is 0 Å². The Morgan fingerprint density at radius 1 is 1.04 bits per heavy atom. The van der Waals surface area contributed by atoms with Crippen molar-refractivity contribution in [1.82, 2.24) is 10.2 Å². The topological polar surface area (TPSA) is 58.6 Å². The summed E-state index contributed by atoms with van der Waals surface area (Å²) in [6.45, 7) is 8.31. The quantitative estimate of drug-likeness (QED) is 0.778. The van der Waals surface area contributed by atoms with Crippen LogP contribution >= 0.6 is 0 Å². The lowest BCUT2D eigenvalue weighted by Crippen LogP contribution is -2.49. The van der Waals surface area contributed by atoms with Crippen LogP contribution in [-0.2, 0) is 16.1 Å². The maximum atomic E-state index is 12.9. The van der Waals surface area contributed by atoms with Crippen molar-refractivity contribution in [2.75, 3.05) is 13.2 Å². The number of nitrogens with one attached hydrogen (secondary N) is 1. The zero-order valence-corrected chi connectivity index (χ0v) is 16.5. The summed E-state index contributed by atoms with van der Waals surface area (Å²) in [7, 11) is 0. The van der Waals surface area contributed by atoms with Crippen LogP contribution in [0.3, 0.4) is 0 Å². The van der Waals surface area contributed by atoms with Crippen molar-refractivity contribution in [3.05, 3.63) is 65.2 Å². The third-order valence-electron chi connectivity index (χ3n) is 4.56. The van der Waals surface area contributed by atoms with Gasteiger partial charge >= 0.3 is 0 Å². The van der Waals surface area contributed by atoms with Crippen molar-refractivity contribution in [2.45, 2.75) is 40.3 Å². The predicted octanol–water partition coefficient (Wildman–Crippen LogP) is 3.24. The van der Waals surface area contributed by atoms with E-state index in [0.29, 0.717) is 18.8 Å². The number of amides is 2. The van der Waals surface area contributed by atoms with Gasteiger partial charge in [-0.25, -0.2) is 0 Å².